The first-order valence-corrected chi connectivity index (χ1v) is 13.8. The third kappa shape index (κ3) is 5.84. The van der Waals surface area contributed by atoms with Crippen molar-refractivity contribution in [1.29, 1.82) is 0 Å². The van der Waals surface area contributed by atoms with Crippen molar-refractivity contribution in [3.05, 3.63) is 112 Å². The van der Waals surface area contributed by atoms with E-state index < -0.39 is 11.6 Å². The van der Waals surface area contributed by atoms with Gasteiger partial charge in [0.05, 0.1) is 11.3 Å². The number of carbonyl (C=O) groups excluding carboxylic acids is 1. The minimum Gasteiger partial charge on any atom is -0.488 e. The Labute approximate surface area is 244 Å². The number of halogens is 2. The lowest BCUT2D eigenvalue weighted by Gasteiger charge is -2.21. The van der Waals surface area contributed by atoms with Gasteiger partial charge in [0.25, 0.3) is 0 Å². The molecule has 5 rings (SSSR count). The predicted molar refractivity (Wildman–Crippen MR) is 161 cm³/mol. The second-order valence-electron chi connectivity index (χ2n) is 11.2. The van der Waals surface area contributed by atoms with Crippen LogP contribution in [0.1, 0.15) is 53.4 Å². The SMILES string of the molecule is Cc1ccc(-c2cc(-c3cn4c(Cl)c(C(=O)OC(C)(C)C)c(C)c(C)c4n3)ccc2F)c(OCc2ccccc2)c1. The Kier molecular flexibility index (Phi) is 7.62. The van der Waals surface area contributed by atoms with E-state index in [1.165, 1.54) is 6.07 Å². The predicted octanol–water partition coefficient (Wildman–Crippen LogP) is 8.92. The second kappa shape index (κ2) is 11.0. The van der Waals surface area contributed by atoms with Gasteiger partial charge in [-0.3, -0.25) is 4.40 Å². The number of hydrogen-bond acceptors (Lipinski definition) is 4. The van der Waals surface area contributed by atoms with Crippen molar-refractivity contribution in [2.24, 2.45) is 0 Å². The fourth-order valence-electron chi connectivity index (χ4n) is 4.73. The molecule has 41 heavy (non-hydrogen) atoms. The second-order valence-corrected chi connectivity index (χ2v) is 11.6. The van der Waals surface area contributed by atoms with E-state index in [1.807, 2.05) is 90.1 Å². The first-order chi connectivity index (χ1) is 19.4. The van der Waals surface area contributed by atoms with E-state index in [0.29, 0.717) is 51.5 Å². The van der Waals surface area contributed by atoms with Crippen molar-refractivity contribution < 1.29 is 18.7 Å². The molecule has 0 fully saturated rings. The van der Waals surface area contributed by atoms with E-state index in [4.69, 9.17) is 26.1 Å². The minimum absolute atomic E-state index is 0.216. The van der Waals surface area contributed by atoms with Crippen molar-refractivity contribution in [3.63, 3.8) is 0 Å². The molecule has 0 saturated carbocycles. The molecule has 2 heterocycles. The van der Waals surface area contributed by atoms with Crippen LogP contribution in [0.2, 0.25) is 5.15 Å². The molecule has 0 saturated heterocycles. The molecule has 0 aliphatic rings. The summed E-state index contributed by atoms with van der Waals surface area (Å²) in [6.45, 7) is 11.5. The van der Waals surface area contributed by atoms with Gasteiger partial charge in [-0.1, -0.05) is 54.1 Å². The van der Waals surface area contributed by atoms with Crippen molar-refractivity contribution in [1.82, 2.24) is 9.38 Å². The maximum atomic E-state index is 15.3. The molecule has 210 valence electrons. The number of pyridine rings is 1. The van der Waals surface area contributed by atoms with Crippen molar-refractivity contribution in [2.75, 3.05) is 0 Å². The van der Waals surface area contributed by atoms with Gasteiger partial charge < -0.3 is 9.47 Å². The molecule has 0 spiro atoms. The Bertz CT molecular complexity index is 1770. The maximum Gasteiger partial charge on any atom is 0.342 e. The Hall–Kier alpha value is -4.16. The van der Waals surface area contributed by atoms with E-state index in [2.05, 4.69) is 0 Å². The summed E-state index contributed by atoms with van der Waals surface area (Å²) in [5.74, 6) is -0.272. The molecule has 2 aromatic heterocycles. The number of fused-ring (bicyclic) bond motifs is 1. The summed E-state index contributed by atoms with van der Waals surface area (Å²) in [6.07, 6.45) is 1.76. The number of carbonyl (C=O) groups is 1. The monoisotopic (exact) mass is 570 g/mol. The number of aromatic nitrogens is 2. The van der Waals surface area contributed by atoms with E-state index in [1.54, 1.807) is 22.7 Å². The molecule has 5 nitrogen and oxygen atoms in total. The van der Waals surface area contributed by atoms with Gasteiger partial charge in [0.15, 0.2) is 0 Å². The molecule has 5 aromatic rings. The summed E-state index contributed by atoms with van der Waals surface area (Å²) < 4.78 is 28.8. The number of aryl methyl sites for hydroxylation is 2. The van der Waals surface area contributed by atoms with E-state index in [0.717, 1.165) is 16.7 Å². The van der Waals surface area contributed by atoms with Crippen LogP contribution in [0.3, 0.4) is 0 Å². The zero-order chi connectivity index (χ0) is 29.5. The number of imidazole rings is 1. The van der Waals surface area contributed by atoms with Crippen molar-refractivity contribution in [2.45, 2.75) is 53.8 Å². The van der Waals surface area contributed by atoms with Crippen LogP contribution in [-0.2, 0) is 11.3 Å². The lowest BCUT2D eigenvalue weighted by Crippen LogP contribution is -2.25. The Morgan fingerprint density at radius 1 is 0.951 bits per heavy atom. The fraction of sp³-hybridized carbons (Fsp3) is 0.235. The van der Waals surface area contributed by atoms with Crippen molar-refractivity contribution in [3.8, 4) is 28.1 Å². The van der Waals surface area contributed by atoms with Gasteiger partial charge in [0.1, 0.15) is 34.6 Å². The number of hydrogen-bond donors (Lipinski definition) is 0. The summed E-state index contributed by atoms with van der Waals surface area (Å²) in [5, 5.41) is 0.216. The highest BCUT2D eigenvalue weighted by molar-refractivity contribution is 6.33. The molecule has 3 aromatic carbocycles. The average Bonchev–Trinajstić information content (AvgIpc) is 3.37. The zero-order valence-corrected chi connectivity index (χ0v) is 24.8. The molecular formula is C34H32ClFN2O3. The average molecular weight is 571 g/mol. The van der Waals surface area contributed by atoms with Crippen LogP contribution in [0.4, 0.5) is 4.39 Å². The molecule has 7 heteroatoms. The van der Waals surface area contributed by atoms with Crippen LogP contribution in [0, 0.1) is 26.6 Å². The normalized spacial score (nSPS) is 11.6. The quantitative estimate of drug-likeness (QED) is 0.151. The van der Waals surface area contributed by atoms with Crippen LogP contribution in [-0.4, -0.2) is 21.0 Å². The number of esters is 1. The number of nitrogens with zero attached hydrogens (tertiary/aromatic N) is 2. The van der Waals surface area contributed by atoms with Gasteiger partial charge in [-0.05, 0) is 88.1 Å². The first-order valence-electron chi connectivity index (χ1n) is 13.4. The summed E-state index contributed by atoms with van der Waals surface area (Å²) in [5.41, 5.74) is 6.12. The highest BCUT2D eigenvalue weighted by atomic mass is 35.5. The van der Waals surface area contributed by atoms with Gasteiger partial charge in [-0.25, -0.2) is 14.2 Å². The highest BCUT2D eigenvalue weighted by Crippen LogP contribution is 2.37. The molecule has 0 aliphatic carbocycles. The van der Waals surface area contributed by atoms with Gasteiger partial charge in [-0.2, -0.15) is 0 Å². The van der Waals surface area contributed by atoms with Gasteiger partial charge in [0.2, 0.25) is 0 Å². The van der Waals surface area contributed by atoms with Gasteiger partial charge >= 0.3 is 5.97 Å². The van der Waals surface area contributed by atoms with Crippen LogP contribution >= 0.6 is 11.6 Å². The summed E-state index contributed by atoms with van der Waals surface area (Å²) >= 11 is 6.76. The van der Waals surface area contributed by atoms with E-state index in [-0.39, 0.29) is 11.0 Å². The van der Waals surface area contributed by atoms with E-state index >= 15 is 4.39 Å². The highest BCUT2D eigenvalue weighted by Gasteiger charge is 2.26. The zero-order valence-electron chi connectivity index (χ0n) is 24.0. The molecule has 0 amide bonds. The lowest BCUT2D eigenvalue weighted by atomic mass is 9.99. The summed E-state index contributed by atoms with van der Waals surface area (Å²) in [6, 6.07) is 20.5. The largest absolute Gasteiger partial charge is 0.488 e. The topological polar surface area (TPSA) is 52.8 Å². The lowest BCUT2D eigenvalue weighted by molar-refractivity contribution is 0.00683. The van der Waals surface area contributed by atoms with E-state index in [9.17, 15) is 4.79 Å². The third-order valence-corrected chi connectivity index (χ3v) is 7.30. The fourth-order valence-corrected chi connectivity index (χ4v) is 5.08. The Morgan fingerprint density at radius 3 is 2.39 bits per heavy atom. The Morgan fingerprint density at radius 2 is 1.68 bits per heavy atom. The first kappa shape index (κ1) is 28.4. The number of ether oxygens (including phenoxy) is 2. The smallest absolute Gasteiger partial charge is 0.342 e. The molecular weight excluding hydrogens is 539 g/mol. The minimum atomic E-state index is -0.667. The summed E-state index contributed by atoms with van der Waals surface area (Å²) in [7, 11) is 0. The standard InChI is InChI=1S/C34H32ClFN2O3/c1-20-12-14-25(29(16-20)40-19-23-10-8-7-9-11-23)26-17-24(13-15-27(26)36)28-18-38-31(35)30(33(39)41-34(4,5)6)21(2)22(3)32(38)37-28/h7-18H,19H2,1-6H3. The van der Waals surface area contributed by atoms with Crippen LogP contribution in [0.25, 0.3) is 28.0 Å². The van der Waals surface area contributed by atoms with Crippen LogP contribution in [0.15, 0.2) is 72.9 Å². The molecule has 0 radical (unpaired) electrons. The number of benzene rings is 3. The van der Waals surface area contributed by atoms with Gasteiger partial charge in [-0.15, -0.1) is 0 Å². The molecule has 0 N–H and O–H groups in total. The summed E-state index contributed by atoms with van der Waals surface area (Å²) in [4.78, 5) is 17.8. The molecule has 0 bridgehead atoms. The van der Waals surface area contributed by atoms with Crippen LogP contribution in [0.5, 0.6) is 5.75 Å². The molecule has 0 unspecified atom stereocenters. The Balaban J connectivity index is 1.57. The number of rotatable bonds is 6. The van der Waals surface area contributed by atoms with Gasteiger partial charge in [0, 0.05) is 22.9 Å². The maximum absolute atomic E-state index is 15.3. The van der Waals surface area contributed by atoms with Crippen molar-refractivity contribution >= 4 is 23.2 Å². The molecule has 0 aliphatic heterocycles. The molecule has 0 atom stereocenters. The third-order valence-electron chi connectivity index (χ3n) is 6.93. The van der Waals surface area contributed by atoms with Crippen LogP contribution < -0.4 is 4.74 Å².